The lowest BCUT2D eigenvalue weighted by molar-refractivity contribution is 0.180. The predicted molar refractivity (Wildman–Crippen MR) is 76.8 cm³/mol. The lowest BCUT2D eigenvalue weighted by Crippen LogP contribution is -2.49. The van der Waals surface area contributed by atoms with E-state index in [1.165, 1.54) is 4.31 Å². The van der Waals surface area contributed by atoms with E-state index in [1.807, 2.05) is 0 Å². The van der Waals surface area contributed by atoms with Crippen LogP contribution in [0.4, 0.5) is 0 Å². The van der Waals surface area contributed by atoms with Gasteiger partial charge in [-0.25, -0.2) is 0 Å². The maximum Gasteiger partial charge on any atom is 0.282 e. The third kappa shape index (κ3) is 3.59. The van der Waals surface area contributed by atoms with E-state index in [0.717, 1.165) is 32.4 Å². The zero-order valence-electron chi connectivity index (χ0n) is 11.5. The Hall–Kier alpha value is 0.0800. The summed E-state index contributed by atoms with van der Waals surface area (Å²) in [5, 5.41) is 3.31. The Morgan fingerprint density at radius 3 is 2.68 bits per heavy atom. The number of rotatable bonds is 5. The monoisotopic (exact) mass is 313 g/mol. The number of nitrogens with zero attached hydrogens (tertiary/aromatic N) is 2. The van der Waals surface area contributed by atoms with E-state index in [1.54, 1.807) is 18.5 Å². The molecule has 0 spiro atoms. The second-order valence-electron chi connectivity index (χ2n) is 5.03. The number of methoxy groups -OCH3 is 1. The van der Waals surface area contributed by atoms with Gasteiger partial charge in [-0.2, -0.15) is 17.0 Å². The SMILES string of the molecule is COCCN(C)S(=O)(=O)N1C2CCNCC1CC2.Cl. The van der Waals surface area contributed by atoms with Gasteiger partial charge in [-0.05, 0) is 25.8 Å². The first kappa shape index (κ1) is 17.1. The van der Waals surface area contributed by atoms with Gasteiger partial charge in [0.25, 0.3) is 10.2 Å². The van der Waals surface area contributed by atoms with E-state index in [2.05, 4.69) is 5.32 Å². The minimum atomic E-state index is -3.35. The quantitative estimate of drug-likeness (QED) is 0.779. The summed E-state index contributed by atoms with van der Waals surface area (Å²) in [5.74, 6) is 0. The molecule has 0 aliphatic carbocycles. The van der Waals surface area contributed by atoms with Crippen LogP contribution in [0, 0.1) is 0 Å². The van der Waals surface area contributed by atoms with Crippen LogP contribution in [-0.4, -0.2) is 69.5 Å². The topological polar surface area (TPSA) is 61.9 Å². The molecular formula is C11H24ClN3O3S. The zero-order valence-corrected chi connectivity index (χ0v) is 13.2. The standard InChI is InChI=1S/C11H23N3O3S.ClH/c1-13(7-8-17-2)18(15,16)14-10-3-4-11(14)9-12-6-5-10;/h10-12H,3-9H2,1-2H3;1H. The van der Waals surface area contributed by atoms with Gasteiger partial charge in [0.15, 0.2) is 0 Å². The largest absolute Gasteiger partial charge is 0.383 e. The van der Waals surface area contributed by atoms with Crippen molar-refractivity contribution in [3.63, 3.8) is 0 Å². The van der Waals surface area contributed by atoms with E-state index in [9.17, 15) is 8.42 Å². The predicted octanol–water partition coefficient (Wildman–Crippen LogP) is 0.0575. The molecule has 2 rings (SSSR count). The Labute approximate surface area is 122 Å². The molecule has 1 N–H and O–H groups in total. The van der Waals surface area contributed by atoms with Gasteiger partial charge in [0.2, 0.25) is 0 Å². The molecule has 114 valence electrons. The second-order valence-corrected chi connectivity index (χ2v) is 6.97. The molecule has 0 aromatic carbocycles. The van der Waals surface area contributed by atoms with Crippen molar-refractivity contribution in [2.75, 3.05) is 40.4 Å². The Bertz CT molecular complexity index is 365. The van der Waals surface area contributed by atoms with Crippen LogP contribution in [0.2, 0.25) is 0 Å². The number of hydrogen-bond acceptors (Lipinski definition) is 4. The minimum Gasteiger partial charge on any atom is -0.383 e. The molecule has 2 unspecified atom stereocenters. The van der Waals surface area contributed by atoms with Crippen LogP contribution < -0.4 is 5.32 Å². The molecule has 0 amide bonds. The van der Waals surface area contributed by atoms with Crippen molar-refractivity contribution in [1.29, 1.82) is 0 Å². The van der Waals surface area contributed by atoms with Gasteiger partial charge in [0.05, 0.1) is 6.61 Å². The number of likely N-dealkylation sites (N-methyl/N-ethyl adjacent to an activating group) is 1. The van der Waals surface area contributed by atoms with Crippen LogP contribution in [-0.2, 0) is 14.9 Å². The lowest BCUT2D eigenvalue weighted by atomic mass is 10.1. The molecular weight excluding hydrogens is 290 g/mol. The molecule has 19 heavy (non-hydrogen) atoms. The number of nitrogens with one attached hydrogen (secondary N) is 1. The first-order chi connectivity index (χ1) is 8.57. The molecule has 2 fully saturated rings. The molecule has 8 heteroatoms. The maximum atomic E-state index is 12.6. The van der Waals surface area contributed by atoms with Gasteiger partial charge < -0.3 is 10.1 Å². The van der Waals surface area contributed by atoms with E-state index in [4.69, 9.17) is 4.74 Å². The fourth-order valence-electron chi connectivity index (χ4n) is 2.81. The average Bonchev–Trinajstić information content (AvgIpc) is 2.60. The van der Waals surface area contributed by atoms with Gasteiger partial charge in [-0.1, -0.05) is 0 Å². The fraction of sp³-hybridized carbons (Fsp3) is 1.00. The van der Waals surface area contributed by atoms with Crippen LogP contribution in [0.15, 0.2) is 0 Å². The highest BCUT2D eigenvalue weighted by molar-refractivity contribution is 7.86. The Balaban J connectivity index is 0.00000180. The molecule has 2 saturated heterocycles. The number of halogens is 1. The van der Waals surface area contributed by atoms with E-state index >= 15 is 0 Å². The van der Waals surface area contributed by atoms with Crippen LogP contribution in [0.25, 0.3) is 0 Å². The Morgan fingerprint density at radius 2 is 2.00 bits per heavy atom. The highest BCUT2D eigenvalue weighted by atomic mass is 35.5. The van der Waals surface area contributed by atoms with Gasteiger partial charge in [0, 0.05) is 39.3 Å². The number of fused-ring (bicyclic) bond motifs is 2. The summed E-state index contributed by atoms with van der Waals surface area (Å²) >= 11 is 0. The molecule has 2 aliphatic rings. The van der Waals surface area contributed by atoms with Crippen LogP contribution in [0.1, 0.15) is 19.3 Å². The molecule has 6 nitrogen and oxygen atoms in total. The van der Waals surface area contributed by atoms with Gasteiger partial charge in [0.1, 0.15) is 0 Å². The van der Waals surface area contributed by atoms with Crippen molar-refractivity contribution >= 4 is 22.6 Å². The third-order valence-corrected chi connectivity index (χ3v) is 5.96. The molecule has 0 aromatic heterocycles. The molecule has 0 saturated carbocycles. The lowest BCUT2D eigenvalue weighted by Gasteiger charge is -2.31. The van der Waals surface area contributed by atoms with E-state index in [-0.39, 0.29) is 24.5 Å². The Kier molecular flexibility index (Phi) is 6.49. The molecule has 2 aliphatic heterocycles. The smallest absolute Gasteiger partial charge is 0.282 e. The van der Waals surface area contributed by atoms with Crippen molar-refractivity contribution in [3.8, 4) is 0 Å². The number of ether oxygens (including phenoxy) is 1. The van der Waals surface area contributed by atoms with Crippen molar-refractivity contribution in [1.82, 2.24) is 13.9 Å². The molecule has 0 aromatic rings. The van der Waals surface area contributed by atoms with Crippen LogP contribution in [0.5, 0.6) is 0 Å². The van der Waals surface area contributed by atoms with Crippen molar-refractivity contribution in [3.05, 3.63) is 0 Å². The number of hydrogen-bond donors (Lipinski definition) is 1. The van der Waals surface area contributed by atoms with E-state index in [0.29, 0.717) is 13.2 Å². The molecule has 0 radical (unpaired) electrons. The summed E-state index contributed by atoms with van der Waals surface area (Å²) in [6.07, 6.45) is 2.87. The fourth-order valence-corrected chi connectivity index (χ4v) is 4.58. The third-order valence-electron chi connectivity index (χ3n) is 3.86. The average molecular weight is 314 g/mol. The first-order valence-corrected chi connectivity index (χ1v) is 7.91. The zero-order chi connectivity index (χ0) is 13.2. The first-order valence-electron chi connectivity index (χ1n) is 6.52. The molecule has 2 heterocycles. The highest BCUT2D eigenvalue weighted by Gasteiger charge is 2.43. The normalized spacial score (nSPS) is 28.2. The van der Waals surface area contributed by atoms with Crippen molar-refractivity contribution < 1.29 is 13.2 Å². The Morgan fingerprint density at radius 1 is 1.32 bits per heavy atom. The van der Waals surface area contributed by atoms with Gasteiger partial charge in [-0.15, -0.1) is 12.4 Å². The minimum absolute atomic E-state index is 0. The van der Waals surface area contributed by atoms with E-state index < -0.39 is 10.2 Å². The van der Waals surface area contributed by atoms with Crippen LogP contribution in [0.3, 0.4) is 0 Å². The second kappa shape index (κ2) is 7.19. The van der Waals surface area contributed by atoms with Gasteiger partial charge in [-0.3, -0.25) is 0 Å². The summed E-state index contributed by atoms with van der Waals surface area (Å²) in [6, 6.07) is 0.285. The maximum absolute atomic E-state index is 12.6. The van der Waals surface area contributed by atoms with Gasteiger partial charge >= 0.3 is 0 Å². The summed E-state index contributed by atoms with van der Waals surface area (Å²) in [4.78, 5) is 0. The summed E-state index contributed by atoms with van der Waals surface area (Å²) < 4.78 is 33.2. The molecule has 2 atom stereocenters. The summed E-state index contributed by atoms with van der Waals surface area (Å²) in [7, 11) is -0.132. The van der Waals surface area contributed by atoms with Crippen molar-refractivity contribution in [2.45, 2.75) is 31.3 Å². The summed E-state index contributed by atoms with van der Waals surface area (Å²) in [6.45, 7) is 2.52. The van der Waals surface area contributed by atoms with Crippen molar-refractivity contribution in [2.24, 2.45) is 0 Å². The van der Waals surface area contributed by atoms with Crippen LogP contribution >= 0.6 is 12.4 Å². The highest BCUT2D eigenvalue weighted by Crippen LogP contribution is 2.31. The summed E-state index contributed by atoms with van der Waals surface area (Å²) in [5.41, 5.74) is 0. The molecule has 2 bridgehead atoms.